The van der Waals surface area contributed by atoms with Gasteiger partial charge in [0, 0.05) is 17.8 Å². The van der Waals surface area contributed by atoms with Crippen molar-refractivity contribution in [1.29, 1.82) is 0 Å². The summed E-state index contributed by atoms with van der Waals surface area (Å²) >= 11 is 0. The first-order valence-corrected chi connectivity index (χ1v) is 8.07. The van der Waals surface area contributed by atoms with E-state index in [4.69, 9.17) is 9.72 Å². The Bertz CT molecular complexity index is 1100. The first-order chi connectivity index (χ1) is 12.8. The molecule has 128 valence electrons. The summed E-state index contributed by atoms with van der Waals surface area (Å²) in [6, 6.07) is 20.0. The third-order valence-electron chi connectivity index (χ3n) is 3.96. The lowest BCUT2D eigenvalue weighted by Gasteiger charge is -2.06. The summed E-state index contributed by atoms with van der Waals surface area (Å²) in [7, 11) is 1.63. The Labute approximate surface area is 150 Å². The van der Waals surface area contributed by atoms with Crippen molar-refractivity contribution in [3.05, 3.63) is 72.9 Å². The molecular weight excluding hydrogens is 328 g/mol. The zero-order valence-corrected chi connectivity index (χ0v) is 14.1. The minimum atomic E-state index is 0.143. The predicted octanol–water partition coefficient (Wildman–Crippen LogP) is 5.13. The average molecular weight is 344 g/mol. The second kappa shape index (κ2) is 6.68. The summed E-state index contributed by atoms with van der Waals surface area (Å²) < 4.78 is 7.34. The first kappa shape index (κ1) is 15.8. The van der Waals surface area contributed by atoms with E-state index in [1.807, 2.05) is 53.1 Å². The van der Waals surface area contributed by atoms with Gasteiger partial charge < -0.3 is 9.84 Å². The minimum absolute atomic E-state index is 0.143. The van der Waals surface area contributed by atoms with Crippen LogP contribution in [0, 0.1) is 0 Å². The number of phenolic OH excluding ortho intramolecular Hbond substituents is 1. The fraction of sp³-hybridized carbons (Fsp3) is 0.0500. The Morgan fingerprint density at radius 2 is 1.81 bits per heavy atom. The van der Waals surface area contributed by atoms with E-state index >= 15 is 0 Å². The van der Waals surface area contributed by atoms with Crippen LogP contribution in [-0.4, -0.2) is 21.6 Å². The van der Waals surface area contributed by atoms with E-state index in [1.165, 1.54) is 0 Å². The molecule has 0 unspecified atom stereocenters. The van der Waals surface area contributed by atoms with Crippen LogP contribution in [0.4, 0.5) is 11.5 Å². The number of benzene rings is 2. The summed E-state index contributed by atoms with van der Waals surface area (Å²) in [5.41, 5.74) is 2.83. The second-order valence-electron chi connectivity index (χ2n) is 5.63. The highest BCUT2D eigenvalue weighted by molar-refractivity contribution is 5.78. The van der Waals surface area contributed by atoms with E-state index in [-0.39, 0.29) is 5.75 Å². The van der Waals surface area contributed by atoms with Crippen molar-refractivity contribution < 1.29 is 9.84 Å². The normalized spacial score (nSPS) is 11.3. The quantitative estimate of drug-likeness (QED) is 0.522. The number of methoxy groups -OCH3 is 1. The summed E-state index contributed by atoms with van der Waals surface area (Å²) in [4.78, 5) is 4.70. The highest BCUT2D eigenvalue weighted by Gasteiger charge is 2.17. The number of hydrogen-bond acceptors (Lipinski definition) is 5. The number of aromatic nitrogens is 2. The first-order valence-electron chi connectivity index (χ1n) is 8.07. The summed E-state index contributed by atoms with van der Waals surface area (Å²) in [5.74, 6) is 1.45. The lowest BCUT2D eigenvalue weighted by molar-refractivity contribution is 0.416. The molecule has 0 fully saturated rings. The van der Waals surface area contributed by atoms with Crippen LogP contribution in [0.3, 0.4) is 0 Å². The van der Waals surface area contributed by atoms with E-state index in [1.54, 1.807) is 31.4 Å². The molecule has 0 aliphatic carbocycles. The topological polar surface area (TPSA) is 71.5 Å². The highest BCUT2D eigenvalue weighted by Crippen LogP contribution is 2.37. The van der Waals surface area contributed by atoms with Crippen LogP contribution in [0.15, 0.2) is 83.2 Å². The Balaban J connectivity index is 1.90. The van der Waals surface area contributed by atoms with Gasteiger partial charge in [-0.1, -0.05) is 24.3 Å². The molecule has 0 aliphatic rings. The van der Waals surface area contributed by atoms with Gasteiger partial charge in [0.15, 0.2) is 5.82 Å². The molecule has 0 bridgehead atoms. The Morgan fingerprint density at radius 3 is 2.65 bits per heavy atom. The summed E-state index contributed by atoms with van der Waals surface area (Å²) in [6.45, 7) is 0. The lowest BCUT2D eigenvalue weighted by Crippen LogP contribution is -1.87. The highest BCUT2D eigenvalue weighted by atomic mass is 16.5. The van der Waals surface area contributed by atoms with E-state index in [0.717, 1.165) is 11.2 Å². The van der Waals surface area contributed by atoms with Gasteiger partial charge in [-0.25, -0.2) is 4.98 Å². The maximum absolute atomic E-state index is 9.61. The molecule has 4 rings (SSSR count). The van der Waals surface area contributed by atoms with Gasteiger partial charge in [0.1, 0.15) is 22.8 Å². The number of azo groups is 1. The Hall–Kier alpha value is -3.67. The fourth-order valence-corrected chi connectivity index (χ4v) is 2.76. The van der Waals surface area contributed by atoms with Crippen molar-refractivity contribution in [2.24, 2.45) is 10.2 Å². The smallest absolute Gasteiger partial charge is 0.187 e. The van der Waals surface area contributed by atoms with Crippen LogP contribution in [0.25, 0.3) is 16.9 Å². The van der Waals surface area contributed by atoms with Gasteiger partial charge in [0.2, 0.25) is 0 Å². The maximum Gasteiger partial charge on any atom is 0.187 e. The van der Waals surface area contributed by atoms with Gasteiger partial charge in [-0.3, -0.25) is 4.40 Å². The van der Waals surface area contributed by atoms with Gasteiger partial charge in [-0.2, -0.15) is 0 Å². The van der Waals surface area contributed by atoms with Crippen molar-refractivity contribution in [1.82, 2.24) is 9.38 Å². The molecule has 26 heavy (non-hydrogen) atoms. The van der Waals surface area contributed by atoms with Crippen LogP contribution < -0.4 is 4.74 Å². The standard InChI is InChI=1S/C20H16N4O2/c1-26-17-10-3-2-9-16(17)19-20(24-12-5-4-11-18(24)21-19)23-22-14-7-6-8-15(25)13-14/h2-13,25H,1H3. The number of imidazole rings is 1. The van der Waals surface area contributed by atoms with Crippen molar-refractivity contribution in [2.45, 2.75) is 0 Å². The summed E-state index contributed by atoms with van der Waals surface area (Å²) in [6.07, 6.45) is 1.89. The van der Waals surface area contributed by atoms with E-state index < -0.39 is 0 Å². The zero-order chi connectivity index (χ0) is 17.9. The lowest BCUT2D eigenvalue weighted by atomic mass is 10.1. The van der Waals surface area contributed by atoms with Gasteiger partial charge in [-0.05, 0) is 36.4 Å². The summed E-state index contributed by atoms with van der Waals surface area (Å²) in [5, 5.41) is 18.3. The molecule has 2 heterocycles. The van der Waals surface area contributed by atoms with Crippen molar-refractivity contribution in [3.8, 4) is 22.8 Å². The molecule has 0 saturated carbocycles. The number of phenols is 1. The third-order valence-corrected chi connectivity index (χ3v) is 3.96. The maximum atomic E-state index is 9.61. The van der Waals surface area contributed by atoms with Crippen molar-refractivity contribution >= 4 is 17.2 Å². The number of para-hydroxylation sites is 1. The van der Waals surface area contributed by atoms with Crippen molar-refractivity contribution in [2.75, 3.05) is 7.11 Å². The second-order valence-corrected chi connectivity index (χ2v) is 5.63. The molecule has 0 spiro atoms. The molecular formula is C20H16N4O2. The molecule has 6 heteroatoms. The number of hydrogen-bond donors (Lipinski definition) is 1. The van der Waals surface area contributed by atoms with Crippen LogP contribution in [0.1, 0.15) is 0 Å². The van der Waals surface area contributed by atoms with Crippen LogP contribution in [0.5, 0.6) is 11.5 Å². The van der Waals surface area contributed by atoms with Gasteiger partial charge in [-0.15, -0.1) is 10.2 Å². The number of pyridine rings is 1. The molecule has 0 radical (unpaired) electrons. The SMILES string of the molecule is COc1ccccc1-c1nc2ccccn2c1N=Nc1cccc(O)c1. The number of ether oxygens (including phenoxy) is 1. The molecule has 0 atom stereocenters. The molecule has 2 aromatic heterocycles. The molecule has 0 amide bonds. The molecule has 2 aromatic carbocycles. The Kier molecular flexibility index (Phi) is 4.07. The molecule has 1 N–H and O–H groups in total. The number of fused-ring (bicyclic) bond motifs is 1. The van der Waals surface area contributed by atoms with E-state index in [9.17, 15) is 5.11 Å². The monoisotopic (exact) mass is 344 g/mol. The van der Waals surface area contributed by atoms with Gasteiger partial charge in [0.05, 0.1) is 12.8 Å². The number of aromatic hydroxyl groups is 1. The molecule has 0 saturated heterocycles. The molecule has 4 aromatic rings. The van der Waals surface area contributed by atoms with Crippen LogP contribution in [-0.2, 0) is 0 Å². The third kappa shape index (κ3) is 2.88. The molecule has 6 nitrogen and oxygen atoms in total. The number of rotatable bonds is 4. The van der Waals surface area contributed by atoms with Crippen LogP contribution >= 0.6 is 0 Å². The van der Waals surface area contributed by atoms with Gasteiger partial charge >= 0.3 is 0 Å². The van der Waals surface area contributed by atoms with E-state index in [0.29, 0.717) is 22.9 Å². The largest absolute Gasteiger partial charge is 0.508 e. The predicted molar refractivity (Wildman–Crippen MR) is 99.5 cm³/mol. The number of nitrogens with zero attached hydrogens (tertiary/aromatic N) is 4. The Morgan fingerprint density at radius 1 is 0.962 bits per heavy atom. The van der Waals surface area contributed by atoms with Crippen molar-refractivity contribution in [3.63, 3.8) is 0 Å². The zero-order valence-electron chi connectivity index (χ0n) is 14.1. The fourth-order valence-electron chi connectivity index (χ4n) is 2.76. The van der Waals surface area contributed by atoms with Gasteiger partial charge in [0.25, 0.3) is 0 Å². The average Bonchev–Trinajstić information content (AvgIpc) is 3.05. The van der Waals surface area contributed by atoms with Crippen LogP contribution in [0.2, 0.25) is 0 Å². The van der Waals surface area contributed by atoms with E-state index in [2.05, 4.69) is 10.2 Å². The minimum Gasteiger partial charge on any atom is -0.508 e. The molecule has 0 aliphatic heterocycles.